The van der Waals surface area contributed by atoms with Crippen LogP contribution in [0.3, 0.4) is 0 Å². The molecule has 4 rings (SSSR count). The molecular weight excluding hydrogens is 312 g/mol. The molecule has 1 unspecified atom stereocenters. The van der Waals surface area contributed by atoms with Gasteiger partial charge in [0.1, 0.15) is 11.9 Å². The van der Waals surface area contributed by atoms with Gasteiger partial charge in [-0.25, -0.2) is 4.99 Å². The minimum absolute atomic E-state index is 0.0114. The highest BCUT2D eigenvalue weighted by atomic mass is 16.6. The largest absolute Gasteiger partial charge is 0.461 e. The number of nitro benzene ring substituents is 1. The Balaban J connectivity index is 1.70. The van der Waals surface area contributed by atoms with Crippen LogP contribution < -0.4 is 5.84 Å². The Morgan fingerprint density at radius 3 is 2.67 bits per heavy atom. The Bertz CT molecular complexity index is 940. The molecule has 0 saturated heterocycles. The van der Waals surface area contributed by atoms with Gasteiger partial charge in [-0.3, -0.25) is 10.1 Å². The Kier molecular flexibility index (Phi) is 2.98. The van der Waals surface area contributed by atoms with E-state index >= 15 is 0 Å². The van der Waals surface area contributed by atoms with Gasteiger partial charge in [0.05, 0.1) is 11.2 Å². The molecule has 2 aliphatic heterocycles. The van der Waals surface area contributed by atoms with Crippen LogP contribution in [0, 0.1) is 10.1 Å². The third kappa shape index (κ3) is 2.24. The molecule has 118 valence electrons. The van der Waals surface area contributed by atoms with Crippen molar-refractivity contribution < 1.29 is 14.0 Å². The summed E-state index contributed by atoms with van der Waals surface area (Å²) in [6.45, 7) is 0. The number of hydrogen-bond donors (Lipinski definition) is 1. The number of nitrogens with zero attached hydrogens (tertiary/aromatic N) is 5. The molecule has 2 N–H and O–H groups in total. The van der Waals surface area contributed by atoms with Gasteiger partial charge in [-0.15, -0.1) is 5.84 Å². The van der Waals surface area contributed by atoms with Gasteiger partial charge < -0.3 is 4.42 Å². The van der Waals surface area contributed by atoms with Crippen LogP contribution in [-0.4, -0.2) is 27.5 Å². The van der Waals surface area contributed by atoms with Crippen molar-refractivity contribution in [2.75, 3.05) is 0 Å². The zero-order chi connectivity index (χ0) is 16.7. The molecule has 0 radical (unpaired) electrons. The Morgan fingerprint density at radius 1 is 1.21 bits per heavy atom. The first-order chi connectivity index (χ1) is 11.5. The second-order valence-corrected chi connectivity index (χ2v) is 5.19. The van der Waals surface area contributed by atoms with Crippen LogP contribution in [-0.2, 0) is 0 Å². The van der Waals surface area contributed by atoms with E-state index in [1.807, 2.05) is 0 Å². The molecular formula is C15H11N6O3+. The summed E-state index contributed by atoms with van der Waals surface area (Å²) >= 11 is 0. The topological polar surface area (TPSA) is 119 Å². The molecule has 0 saturated carbocycles. The number of furan rings is 1. The van der Waals surface area contributed by atoms with Crippen molar-refractivity contribution in [3.8, 4) is 0 Å². The van der Waals surface area contributed by atoms with Crippen LogP contribution in [0.15, 0.2) is 68.4 Å². The fraction of sp³-hybridized carbons (Fsp3) is 0. The molecule has 1 atom stereocenters. The maximum absolute atomic E-state index is 10.7. The molecule has 1 aromatic heterocycles. The predicted octanol–water partition coefficient (Wildman–Crippen LogP) is 2.04. The van der Waals surface area contributed by atoms with E-state index in [-0.39, 0.29) is 10.4 Å². The van der Waals surface area contributed by atoms with Crippen LogP contribution in [0.4, 0.5) is 5.69 Å². The van der Waals surface area contributed by atoms with E-state index in [2.05, 4.69) is 15.1 Å². The van der Waals surface area contributed by atoms with Gasteiger partial charge in [-0.1, -0.05) is 0 Å². The van der Waals surface area contributed by atoms with E-state index in [1.165, 1.54) is 24.6 Å². The maximum Gasteiger partial charge on any atom is 0.300 e. The fourth-order valence-electron chi connectivity index (χ4n) is 2.40. The Labute approximate surface area is 135 Å². The number of rotatable bonds is 3. The molecule has 9 nitrogen and oxygen atoms in total. The van der Waals surface area contributed by atoms with Crippen LogP contribution in [0.1, 0.15) is 11.3 Å². The number of fused-ring (bicyclic) bond motifs is 1. The Morgan fingerprint density at radius 2 is 2.00 bits per heavy atom. The molecule has 2 aromatic rings. The van der Waals surface area contributed by atoms with Gasteiger partial charge in [-0.2, -0.15) is 4.99 Å². The zero-order valence-electron chi connectivity index (χ0n) is 12.2. The first-order valence-corrected chi connectivity index (χ1v) is 6.98. The highest BCUT2D eigenvalue weighted by molar-refractivity contribution is 6.32. The normalized spacial score (nSPS) is 21.8. The number of benzene rings is 1. The molecule has 9 heteroatoms. The highest BCUT2D eigenvalue weighted by Gasteiger charge is 2.40. The smallest absolute Gasteiger partial charge is 0.300 e. The van der Waals surface area contributed by atoms with Crippen LogP contribution in [0.5, 0.6) is 0 Å². The van der Waals surface area contributed by atoms with E-state index in [9.17, 15) is 10.1 Å². The molecule has 0 aliphatic carbocycles. The zero-order valence-corrected chi connectivity index (χ0v) is 12.2. The number of quaternary nitrogens is 1. The second kappa shape index (κ2) is 5.05. The van der Waals surface area contributed by atoms with Crippen LogP contribution in [0.25, 0.3) is 5.70 Å². The molecule has 0 spiro atoms. The molecule has 0 amide bonds. The summed E-state index contributed by atoms with van der Waals surface area (Å²) < 4.78 is 4.90. The summed E-state index contributed by atoms with van der Waals surface area (Å²) in [6, 6.07) is 9.54. The predicted molar refractivity (Wildman–Crippen MR) is 86.7 cm³/mol. The molecule has 3 heterocycles. The van der Waals surface area contributed by atoms with E-state index in [4.69, 9.17) is 10.3 Å². The molecule has 0 fully saturated rings. The van der Waals surface area contributed by atoms with E-state index in [1.54, 1.807) is 30.5 Å². The minimum atomic E-state index is -0.454. The van der Waals surface area contributed by atoms with Gasteiger partial charge in [0.25, 0.3) is 17.4 Å². The molecule has 24 heavy (non-hydrogen) atoms. The van der Waals surface area contributed by atoms with E-state index < -0.39 is 4.92 Å². The van der Waals surface area contributed by atoms with Gasteiger partial charge >= 0.3 is 0 Å². The fourth-order valence-corrected chi connectivity index (χ4v) is 2.40. The monoisotopic (exact) mass is 323 g/mol. The molecule has 0 bridgehead atoms. The lowest BCUT2D eigenvalue weighted by molar-refractivity contribution is -0.802. The van der Waals surface area contributed by atoms with Crippen molar-refractivity contribution in [2.24, 2.45) is 20.9 Å². The van der Waals surface area contributed by atoms with Crippen molar-refractivity contribution in [1.82, 2.24) is 0 Å². The summed E-state index contributed by atoms with van der Waals surface area (Å²) in [5.41, 5.74) is 1.26. The lowest BCUT2D eigenvalue weighted by Gasteiger charge is -2.19. The SMILES string of the molecule is N[N+]12C=C(c3ccc([N+](=O)[O-])cc3)N=CC1=NC(c1ccco1)=N2. The minimum Gasteiger partial charge on any atom is -0.461 e. The average molecular weight is 323 g/mol. The summed E-state index contributed by atoms with van der Waals surface area (Å²) in [6.07, 6.45) is 4.68. The number of non-ortho nitro benzene ring substituents is 1. The highest BCUT2D eigenvalue weighted by Crippen LogP contribution is 2.27. The molecule has 2 aliphatic rings. The van der Waals surface area contributed by atoms with E-state index in [0.29, 0.717) is 28.7 Å². The third-order valence-corrected chi connectivity index (χ3v) is 3.60. The first kappa shape index (κ1) is 14.2. The summed E-state index contributed by atoms with van der Waals surface area (Å²) in [5, 5.41) is 15.1. The standard InChI is InChI=1S/C15H11N6O3/c16-21-9-12(10-3-5-11(6-4-10)20(22)23)17-8-14(21)18-15(19-21)13-2-1-7-24-13/h1-9H,16H2/q+1. The number of amidine groups is 2. The van der Waals surface area contributed by atoms with Crippen molar-refractivity contribution in [3.05, 3.63) is 70.3 Å². The lowest BCUT2D eigenvalue weighted by atomic mass is 10.1. The van der Waals surface area contributed by atoms with Gasteiger partial charge in [0.15, 0.2) is 12.0 Å². The van der Waals surface area contributed by atoms with Crippen LogP contribution >= 0.6 is 0 Å². The number of nitrogens with two attached hydrogens (primary N) is 1. The first-order valence-electron chi connectivity index (χ1n) is 6.98. The van der Waals surface area contributed by atoms with Crippen LogP contribution in [0.2, 0.25) is 0 Å². The number of hydrogen-bond acceptors (Lipinski definition) is 7. The summed E-state index contributed by atoms with van der Waals surface area (Å²) in [7, 11) is 0. The quantitative estimate of drug-likeness (QED) is 0.402. The van der Waals surface area contributed by atoms with Gasteiger partial charge in [0.2, 0.25) is 0 Å². The number of nitro groups is 1. The summed E-state index contributed by atoms with van der Waals surface area (Å²) in [5.74, 6) is 7.61. The lowest BCUT2D eigenvalue weighted by Crippen LogP contribution is -2.50. The van der Waals surface area contributed by atoms with Crippen molar-refractivity contribution in [1.29, 1.82) is 0 Å². The van der Waals surface area contributed by atoms with Crippen molar-refractivity contribution in [3.63, 3.8) is 0 Å². The number of aliphatic imine (C=N–C) groups is 2. The maximum atomic E-state index is 10.7. The van der Waals surface area contributed by atoms with Crippen molar-refractivity contribution >= 4 is 29.3 Å². The van der Waals surface area contributed by atoms with Gasteiger partial charge in [0, 0.05) is 17.7 Å². The van der Waals surface area contributed by atoms with Crippen molar-refractivity contribution in [2.45, 2.75) is 0 Å². The van der Waals surface area contributed by atoms with E-state index in [0.717, 1.165) is 0 Å². The van der Waals surface area contributed by atoms with Gasteiger partial charge in [-0.05, 0) is 34.1 Å². The summed E-state index contributed by atoms with van der Waals surface area (Å²) in [4.78, 5) is 18.9. The average Bonchev–Trinajstić information content (AvgIpc) is 3.21. The second-order valence-electron chi connectivity index (χ2n) is 5.19. The third-order valence-electron chi connectivity index (χ3n) is 3.60. The molecule has 1 aromatic carbocycles. The Hall–Kier alpha value is -3.43.